The van der Waals surface area contributed by atoms with Crippen LogP contribution in [0.5, 0.6) is 5.75 Å². The molecule has 23 heavy (non-hydrogen) atoms. The first-order valence-corrected chi connectivity index (χ1v) is 7.46. The standard InChI is InChI=1S/C16H14F2N2O3/c1-8-7-20(12-4-10(17)11(18)5-13(12)22-8)16(21)14-6-19-15(23-14)9-2-3-9/h4-6,8-9H,2-3,7H2,1H3. The highest BCUT2D eigenvalue weighted by Crippen LogP contribution is 2.40. The molecular weight excluding hydrogens is 306 g/mol. The topological polar surface area (TPSA) is 55.6 Å². The Balaban J connectivity index is 1.70. The van der Waals surface area contributed by atoms with Gasteiger partial charge in [0.2, 0.25) is 5.76 Å². The molecule has 1 aliphatic heterocycles. The molecule has 1 amide bonds. The number of oxazole rings is 1. The van der Waals surface area contributed by atoms with E-state index in [0.29, 0.717) is 11.8 Å². The number of ether oxygens (including phenoxy) is 1. The summed E-state index contributed by atoms with van der Waals surface area (Å²) in [5, 5.41) is 0. The van der Waals surface area contributed by atoms with E-state index in [2.05, 4.69) is 4.98 Å². The molecule has 0 spiro atoms. The molecule has 1 atom stereocenters. The SMILES string of the molecule is CC1CN(C(=O)c2cnc(C3CC3)o2)c2cc(F)c(F)cc2O1. The van der Waals surface area contributed by atoms with Crippen molar-refractivity contribution in [3.8, 4) is 5.75 Å². The van der Waals surface area contributed by atoms with Crippen molar-refractivity contribution in [3.63, 3.8) is 0 Å². The number of hydrogen-bond acceptors (Lipinski definition) is 4. The smallest absolute Gasteiger partial charge is 0.295 e. The number of carbonyl (C=O) groups is 1. The molecule has 0 radical (unpaired) electrons. The minimum absolute atomic E-state index is 0.0942. The number of carbonyl (C=O) groups excluding carboxylic acids is 1. The summed E-state index contributed by atoms with van der Waals surface area (Å²) in [4.78, 5) is 18.1. The number of fused-ring (bicyclic) bond motifs is 1. The Hall–Kier alpha value is -2.44. The van der Waals surface area contributed by atoms with Crippen LogP contribution in [0.4, 0.5) is 14.5 Å². The van der Waals surface area contributed by atoms with Crippen molar-refractivity contribution in [2.75, 3.05) is 11.4 Å². The number of anilines is 1. The minimum Gasteiger partial charge on any atom is -0.487 e. The Morgan fingerprint density at radius 2 is 2.04 bits per heavy atom. The second-order valence-electron chi connectivity index (χ2n) is 5.92. The second-order valence-corrected chi connectivity index (χ2v) is 5.92. The van der Waals surface area contributed by atoms with Crippen molar-refractivity contribution in [1.82, 2.24) is 4.98 Å². The van der Waals surface area contributed by atoms with E-state index in [4.69, 9.17) is 9.15 Å². The number of aromatic nitrogens is 1. The number of benzene rings is 1. The zero-order chi connectivity index (χ0) is 16.1. The Morgan fingerprint density at radius 1 is 1.30 bits per heavy atom. The van der Waals surface area contributed by atoms with Crippen LogP contribution < -0.4 is 9.64 Å². The molecule has 0 bridgehead atoms. The first-order chi connectivity index (χ1) is 11.0. The summed E-state index contributed by atoms with van der Waals surface area (Å²) < 4.78 is 38.0. The van der Waals surface area contributed by atoms with Gasteiger partial charge in [-0.05, 0) is 19.8 Å². The zero-order valence-corrected chi connectivity index (χ0v) is 12.4. The van der Waals surface area contributed by atoms with E-state index in [0.717, 1.165) is 25.0 Å². The Bertz CT molecular complexity index is 786. The fourth-order valence-corrected chi connectivity index (χ4v) is 2.66. The maximum atomic E-state index is 13.6. The van der Waals surface area contributed by atoms with Crippen LogP contribution in [0.3, 0.4) is 0 Å². The number of halogens is 2. The van der Waals surface area contributed by atoms with Crippen LogP contribution in [0.1, 0.15) is 42.1 Å². The van der Waals surface area contributed by atoms with Crippen LogP contribution >= 0.6 is 0 Å². The molecule has 2 aromatic rings. The third-order valence-electron chi connectivity index (χ3n) is 3.97. The number of amides is 1. The number of rotatable bonds is 2. The molecule has 2 aliphatic rings. The van der Waals surface area contributed by atoms with Crippen molar-refractivity contribution in [2.45, 2.75) is 31.8 Å². The largest absolute Gasteiger partial charge is 0.487 e. The lowest BCUT2D eigenvalue weighted by Crippen LogP contribution is -2.42. The van der Waals surface area contributed by atoms with E-state index in [9.17, 15) is 13.6 Å². The molecule has 1 aliphatic carbocycles. The van der Waals surface area contributed by atoms with Crippen LogP contribution in [-0.4, -0.2) is 23.5 Å². The van der Waals surface area contributed by atoms with Crippen LogP contribution in [-0.2, 0) is 0 Å². The predicted octanol–water partition coefficient (Wildman–Crippen LogP) is 3.26. The van der Waals surface area contributed by atoms with Gasteiger partial charge in [0.15, 0.2) is 17.5 Å². The van der Waals surface area contributed by atoms with Crippen LogP contribution in [0, 0.1) is 11.6 Å². The first-order valence-electron chi connectivity index (χ1n) is 7.46. The zero-order valence-electron chi connectivity index (χ0n) is 12.4. The fourth-order valence-electron chi connectivity index (χ4n) is 2.66. The van der Waals surface area contributed by atoms with Gasteiger partial charge < -0.3 is 9.15 Å². The lowest BCUT2D eigenvalue weighted by atomic mass is 10.1. The Labute approximate surface area is 130 Å². The van der Waals surface area contributed by atoms with Crippen molar-refractivity contribution in [2.24, 2.45) is 0 Å². The van der Waals surface area contributed by atoms with Gasteiger partial charge in [0, 0.05) is 18.1 Å². The van der Waals surface area contributed by atoms with Gasteiger partial charge in [0.1, 0.15) is 11.9 Å². The quantitative estimate of drug-likeness (QED) is 0.852. The summed E-state index contributed by atoms with van der Waals surface area (Å²) in [7, 11) is 0. The molecule has 5 nitrogen and oxygen atoms in total. The van der Waals surface area contributed by atoms with Gasteiger partial charge in [-0.1, -0.05) is 0 Å². The molecular formula is C16H14F2N2O3. The summed E-state index contributed by atoms with van der Waals surface area (Å²) in [6.07, 6.45) is 3.06. The van der Waals surface area contributed by atoms with Gasteiger partial charge in [-0.2, -0.15) is 0 Å². The van der Waals surface area contributed by atoms with Crippen molar-refractivity contribution < 1.29 is 22.7 Å². The van der Waals surface area contributed by atoms with E-state index < -0.39 is 17.5 Å². The highest BCUT2D eigenvalue weighted by molar-refractivity contribution is 6.05. The molecule has 7 heteroatoms. The molecule has 1 aromatic carbocycles. The maximum Gasteiger partial charge on any atom is 0.295 e. The number of nitrogens with zero attached hydrogens (tertiary/aromatic N) is 2. The monoisotopic (exact) mass is 320 g/mol. The normalized spacial score (nSPS) is 20.1. The highest BCUT2D eigenvalue weighted by Gasteiger charge is 2.34. The van der Waals surface area contributed by atoms with Gasteiger partial charge in [-0.3, -0.25) is 9.69 Å². The van der Waals surface area contributed by atoms with E-state index in [1.165, 1.54) is 11.1 Å². The fraction of sp³-hybridized carbons (Fsp3) is 0.375. The van der Waals surface area contributed by atoms with Gasteiger partial charge in [0.05, 0.1) is 18.4 Å². The Morgan fingerprint density at radius 3 is 2.78 bits per heavy atom. The average molecular weight is 320 g/mol. The third kappa shape index (κ3) is 2.46. The van der Waals surface area contributed by atoms with Crippen molar-refractivity contribution in [3.05, 3.63) is 41.6 Å². The average Bonchev–Trinajstić information content (AvgIpc) is 3.25. The Kier molecular flexibility index (Phi) is 3.11. The van der Waals surface area contributed by atoms with E-state index in [-0.39, 0.29) is 29.8 Å². The van der Waals surface area contributed by atoms with E-state index in [1.807, 2.05) is 0 Å². The summed E-state index contributed by atoms with van der Waals surface area (Å²) in [6, 6.07) is 1.92. The molecule has 120 valence electrons. The molecule has 1 fully saturated rings. The van der Waals surface area contributed by atoms with Crippen LogP contribution in [0.25, 0.3) is 0 Å². The van der Waals surface area contributed by atoms with E-state index in [1.54, 1.807) is 6.92 Å². The van der Waals surface area contributed by atoms with Crippen LogP contribution in [0.2, 0.25) is 0 Å². The molecule has 1 saturated carbocycles. The lowest BCUT2D eigenvalue weighted by molar-refractivity contribution is 0.0932. The molecule has 1 aromatic heterocycles. The maximum absolute atomic E-state index is 13.6. The van der Waals surface area contributed by atoms with Crippen molar-refractivity contribution in [1.29, 1.82) is 0 Å². The summed E-state index contributed by atoms with van der Waals surface area (Å²) in [5.74, 6) is -1.41. The second kappa shape index (κ2) is 5.04. The van der Waals surface area contributed by atoms with Gasteiger partial charge in [0.25, 0.3) is 5.91 Å². The molecule has 0 saturated heterocycles. The third-order valence-corrected chi connectivity index (χ3v) is 3.97. The summed E-state index contributed by atoms with van der Waals surface area (Å²) in [5.41, 5.74) is 0.191. The highest BCUT2D eigenvalue weighted by atomic mass is 19.2. The van der Waals surface area contributed by atoms with E-state index >= 15 is 0 Å². The molecule has 0 N–H and O–H groups in total. The molecule has 2 heterocycles. The van der Waals surface area contributed by atoms with Crippen molar-refractivity contribution >= 4 is 11.6 Å². The summed E-state index contributed by atoms with van der Waals surface area (Å²) in [6.45, 7) is 1.97. The predicted molar refractivity (Wildman–Crippen MR) is 76.6 cm³/mol. The molecule has 4 rings (SSSR count). The summed E-state index contributed by atoms with van der Waals surface area (Å²) >= 11 is 0. The van der Waals surface area contributed by atoms with Crippen LogP contribution in [0.15, 0.2) is 22.7 Å². The van der Waals surface area contributed by atoms with Gasteiger partial charge in [-0.25, -0.2) is 13.8 Å². The van der Waals surface area contributed by atoms with Gasteiger partial charge in [-0.15, -0.1) is 0 Å². The molecule has 1 unspecified atom stereocenters. The minimum atomic E-state index is -1.03. The number of hydrogen-bond donors (Lipinski definition) is 0. The first kappa shape index (κ1) is 14.2. The lowest BCUT2D eigenvalue weighted by Gasteiger charge is -2.32. The van der Waals surface area contributed by atoms with Gasteiger partial charge >= 0.3 is 0 Å².